The predicted octanol–water partition coefficient (Wildman–Crippen LogP) is 3.29. The SMILES string of the molecule is CC(C(=O)OC(C)(C)C)S(=O)c1ccccc1Br. The Balaban J connectivity index is 2.85. The number of ether oxygens (including phenoxy) is 1. The quantitative estimate of drug-likeness (QED) is 0.797. The molecule has 2 unspecified atom stereocenters. The van der Waals surface area contributed by atoms with Crippen LogP contribution in [0, 0.1) is 0 Å². The number of carbonyl (C=O) groups is 1. The Hall–Kier alpha value is -0.680. The van der Waals surface area contributed by atoms with Crippen molar-refractivity contribution in [3.63, 3.8) is 0 Å². The van der Waals surface area contributed by atoms with E-state index in [1.807, 2.05) is 6.07 Å². The number of esters is 1. The van der Waals surface area contributed by atoms with Gasteiger partial charge in [0.15, 0.2) is 0 Å². The second-order valence-corrected chi connectivity index (χ2v) is 7.50. The monoisotopic (exact) mass is 332 g/mol. The van der Waals surface area contributed by atoms with Crippen LogP contribution in [0.2, 0.25) is 0 Å². The summed E-state index contributed by atoms with van der Waals surface area (Å²) in [5.41, 5.74) is -0.566. The lowest BCUT2D eigenvalue weighted by Gasteiger charge is -2.22. The van der Waals surface area contributed by atoms with Crippen LogP contribution >= 0.6 is 15.9 Å². The molecule has 0 aliphatic rings. The third-order valence-electron chi connectivity index (χ3n) is 2.11. The third kappa shape index (κ3) is 4.21. The van der Waals surface area contributed by atoms with Crippen molar-refractivity contribution in [2.24, 2.45) is 0 Å². The number of hydrogen-bond donors (Lipinski definition) is 0. The van der Waals surface area contributed by atoms with E-state index in [1.54, 1.807) is 45.9 Å². The van der Waals surface area contributed by atoms with Crippen LogP contribution in [0.1, 0.15) is 27.7 Å². The van der Waals surface area contributed by atoms with Gasteiger partial charge in [-0.15, -0.1) is 0 Å². The first kappa shape index (κ1) is 15.4. The van der Waals surface area contributed by atoms with Gasteiger partial charge in [0, 0.05) is 4.47 Å². The van der Waals surface area contributed by atoms with Crippen LogP contribution in [0.15, 0.2) is 33.6 Å². The van der Waals surface area contributed by atoms with Crippen molar-refractivity contribution in [2.75, 3.05) is 0 Å². The van der Waals surface area contributed by atoms with Gasteiger partial charge >= 0.3 is 5.97 Å². The normalized spacial score (nSPS) is 14.9. The maximum atomic E-state index is 12.3. The van der Waals surface area contributed by atoms with Crippen molar-refractivity contribution in [2.45, 2.75) is 43.4 Å². The maximum Gasteiger partial charge on any atom is 0.322 e. The Labute approximate surface area is 119 Å². The first-order chi connectivity index (χ1) is 8.22. The molecule has 0 bridgehead atoms. The fraction of sp³-hybridized carbons (Fsp3) is 0.462. The number of benzene rings is 1. The molecule has 0 spiro atoms. The van der Waals surface area contributed by atoms with Gasteiger partial charge in [-0.3, -0.25) is 9.00 Å². The molecule has 2 atom stereocenters. The minimum Gasteiger partial charge on any atom is -0.459 e. The Kier molecular flexibility index (Phi) is 5.10. The van der Waals surface area contributed by atoms with Crippen molar-refractivity contribution >= 4 is 32.7 Å². The van der Waals surface area contributed by atoms with Gasteiger partial charge in [-0.1, -0.05) is 12.1 Å². The minimum atomic E-state index is -1.43. The summed E-state index contributed by atoms with van der Waals surface area (Å²) in [5, 5.41) is -0.692. The van der Waals surface area contributed by atoms with Crippen LogP contribution in [-0.2, 0) is 20.3 Å². The van der Waals surface area contributed by atoms with Gasteiger partial charge in [-0.05, 0) is 55.8 Å². The number of carbonyl (C=O) groups excluding carboxylic acids is 1. The average molecular weight is 333 g/mol. The Morgan fingerprint density at radius 2 is 1.89 bits per heavy atom. The average Bonchev–Trinajstić information content (AvgIpc) is 2.25. The molecule has 3 nitrogen and oxygen atoms in total. The molecule has 0 fully saturated rings. The molecule has 5 heteroatoms. The Morgan fingerprint density at radius 1 is 1.33 bits per heavy atom. The fourth-order valence-electron chi connectivity index (χ4n) is 1.27. The molecular weight excluding hydrogens is 316 g/mol. The highest BCUT2D eigenvalue weighted by molar-refractivity contribution is 9.10. The topological polar surface area (TPSA) is 43.4 Å². The van der Waals surface area contributed by atoms with E-state index in [0.29, 0.717) is 4.90 Å². The maximum absolute atomic E-state index is 12.3. The van der Waals surface area contributed by atoms with Crippen molar-refractivity contribution in [3.8, 4) is 0 Å². The van der Waals surface area contributed by atoms with Crippen LogP contribution < -0.4 is 0 Å². The molecule has 0 radical (unpaired) electrons. The molecule has 0 aliphatic carbocycles. The Bertz CT molecular complexity index is 466. The Morgan fingerprint density at radius 3 is 2.39 bits per heavy atom. The highest BCUT2D eigenvalue weighted by atomic mass is 79.9. The molecule has 0 N–H and O–H groups in total. The van der Waals surface area contributed by atoms with E-state index >= 15 is 0 Å². The number of hydrogen-bond acceptors (Lipinski definition) is 3. The summed E-state index contributed by atoms with van der Waals surface area (Å²) in [7, 11) is -1.43. The highest BCUT2D eigenvalue weighted by Crippen LogP contribution is 2.23. The van der Waals surface area contributed by atoms with Crippen LogP contribution in [0.25, 0.3) is 0 Å². The molecule has 0 saturated carbocycles. The van der Waals surface area contributed by atoms with Gasteiger partial charge in [0.05, 0.1) is 15.7 Å². The summed E-state index contributed by atoms with van der Waals surface area (Å²) in [6, 6.07) is 7.17. The largest absolute Gasteiger partial charge is 0.459 e. The van der Waals surface area contributed by atoms with Crippen molar-refractivity contribution in [1.29, 1.82) is 0 Å². The first-order valence-corrected chi connectivity index (χ1v) is 7.61. The molecule has 1 rings (SSSR count). The highest BCUT2D eigenvalue weighted by Gasteiger charge is 2.27. The van der Waals surface area contributed by atoms with Crippen molar-refractivity contribution < 1.29 is 13.7 Å². The van der Waals surface area contributed by atoms with Crippen LogP contribution in [0.3, 0.4) is 0 Å². The molecule has 0 heterocycles. The second kappa shape index (κ2) is 5.97. The van der Waals surface area contributed by atoms with Gasteiger partial charge in [0.2, 0.25) is 0 Å². The van der Waals surface area contributed by atoms with Gasteiger partial charge < -0.3 is 4.74 Å². The molecular formula is C13H17BrO3S. The third-order valence-corrected chi connectivity index (χ3v) is 4.69. The lowest BCUT2D eigenvalue weighted by Crippen LogP contribution is -2.32. The zero-order valence-electron chi connectivity index (χ0n) is 10.9. The zero-order chi connectivity index (χ0) is 13.9. The summed E-state index contributed by atoms with van der Waals surface area (Å²) >= 11 is 3.33. The zero-order valence-corrected chi connectivity index (χ0v) is 13.3. The van der Waals surface area contributed by atoms with E-state index < -0.39 is 27.6 Å². The standard InChI is InChI=1S/C13H17BrO3S/c1-9(12(15)17-13(2,3)4)18(16)11-8-6-5-7-10(11)14/h5-9H,1-4H3. The summed E-state index contributed by atoms with van der Waals surface area (Å²) in [6.45, 7) is 6.99. The number of rotatable bonds is 3. The van der Waals surface area contributed by atoms with E-state index in [0.717, 1.165) is 4.47 Å². The van der Waals surface area contributed by atoms with E-state index in [4.69, 9.17) is 4.74 Å². The summed E-state index contributed by atoms with van der Waals surface area (Å²) in [4.78, 5) is 12.5. The smallest absolute Gasteiger partial charge is 0.322 e. The molecule has 0 aromatic heterocycles. The van der Waals surface area contributed by atoms with Crippen molar-refractivity contribution in [1.82, 2.24) is 0 Å². The van der Waals surface area contributed by atoms with Gasteiger partial charge in [-0.2, -0.15) is 0 Å². The molecule has 18 heavy (non-hydrogen) atoms. The second-order valence-electron chi connectivity index (χ2n) is 4.90. The van der Waals surface area contributed by atoms with Gasteiger partial charge in [0.25, 0.3) is 0 Å². The molecule has 0 aliphatic heterocycles. The number of halogens is 1. The first-order valence-electron chi connectivity index (χ1n) is 5.60. The molecule has 0 amide bonds. The summed E-state index contributed by atoms with van der Waals surface area (Å²) in [6.07, 6.45) is 0. The molecule has 1 aromatic rings. The minimum absolute atomic E-state index is 0.448. The van der Waals surface area contributed by atoms with E-state index in [-0.39, 0.29) is 0 Å². The predicted molar refractivity (Wildman–Crippen MR) is 75.9 cm³/mol. The van der Waals surface area contributed by atoms with Crippen molar-refractivity contribution in [3.05, 3.63) is 28.7 Å². The van der Waals surface area contributed by atoms with Crippen LogP contribution in [0.4, 0.5) is 0 Å². The van der Waals surface area contributed by atoms with E-state index in [9.17, 15) is 9.00 Å². The molecule has 1 aromatic carbocycles. The lowest BCUT2D eigenvalue weighted by atomic mass is 10.2. The molecule has 100 valence electrons. The van der Waals surface area contributed by atoms with Gasteiger partial charge in [-0.25, -0.2) is 0 Å². The summed E-state index contributed by atoms with van der Waals surface area (Å²) < 4.78 is 18.2. The fourth-order valence-corrected chi connectivity index (χ4v) is 3.11. The van der Waals surface area contributed by atoms with E-state index in [2.05, 4.69) is 15.9 Å². The van der Waals surface area contributed by atoms with Crippen LogP contribution in [0.5, 0.6) is 0 Å². The summed E-state index contributed by atoms with van der Waals surface area (Å²) in [5.74, 6) is -0.448. The van der Waals surface area contributed by atoms with Crippen LogP contribution in [-0.4, -0.2) is 21.0 Å². The lowest BCUT2D eigenvalue weighted by molar-refractivity contribution is -0.153. The molecule has 0 saturated heterocycles. The van der Waals surface area contributed by atoms with E-state index in [1.165, 1.54) is 0 Å². The van der Waals surface area contributed by atoms with Gasteiger partial charge in [0.1, 0.15) is 10.9 Å².